The zero-order chi connectivity index (χ0) is 10.8. The molecule has 0 radical (unpaired) electrons. The summed E-state index contributed by atoms with van der Waals surface area (Å²) in [7, 11) is 0. The Kier molecular flexibility index (Phi) is 3.95. The Bertz CT molecular complexity index is 177. The summed E-state index contributed by atoms with van der Waals surface area (Å²) in [5, 5.41) is 0. The number of rotatable bonds is 6. The Balaban J connectivity index is 1.69. The summed E-state index contributed by atoms with van der Waals surface area (Å²) in [6, 6.07) is 0. The molecule has 2 aliphatic rings. The fraction of sp³-hybridized carbons (Fsp3) is 1.00. The van der Waals surface area contributed by atoms with Crippen molar-refractivity contribution in [2.45, 2.75) is 26.7 Å². The van der Waals surface area contributed by atoms with Crippen molar-refractivity contribution in [3.05, 3.63) is 0 Å². The third-order valence-corrected chi connectivity index (χ3v) is 7.22. The summed E-state index contributed by atoms with van der Waals surface area (Å²) < 4.78 is 6.00. The van der Waals surface area contributed by atoms with Gasteiger partial charge in [-0.25, -0.2) is 0 Å². The second-order valence-electron chi connectivity index (χ2n) is 5.19. The molecule has 88 valence electrons. The average molecular weight is 246 g/mol. The Labute approximate surface area is 102 Å². The lowest BCUT2D eigenvalue weighted by atomic mass is 9.88. The topological polar surface area (TPSA) is 9.23 Å². The van der Waals surface area contributed by atoms with Crippen LogP contribution in [0.1, 0.15) is 26.7 Å². The number of hydrogen-bond donors (Lipinski definition) is 0. The van der Waals surface area contributed by atoms with E-state index in [-0.39, 0.29) is 0 Å². The van der Waals surface area contributed by atoms with Crippen LogP contribution in [0.5, 0.6) is 0 Å². The molecule has 2 heterocycles. The number of hydrogen-bond acceptors (Lipinski definition) is 3. The first-order valence-corrected chi connectivity index (χ1v) is 8.28. The van der Waals surface area contributed by atoms with Gasteiger partial charge in [0.25, 0.3) is 0 Å². The normalized spacial score (nSPS) is 26.8. The fourth-order valence-corrected chi connectivity index (χ4v) is 4.76. The molecular weight excluding hydrogens is 224 g/mol. The first-order chi connectivity index (χ1) is 7.24. The molecule has 0 N–H and O–H groups in total. The SMILES string of the molecule is CCC1(COCC2(CC)CSC2)CSC1. The number of ether oxygens (including phenoxy) is 1. The molecule has 0 unspecified atom stereocenters. The largest absolute Gasteiger partial charge is 0.380 e. The van der Waals surface area contributed by atoms with Crippen molar-refractivity contribution in [2.75, 3.05) is 36.2 Å². The van der Waals surface area contributed by atoms with Crippen LogP contribution in [-0.4, -0.2) is 36.2 Å². The maximum absolute atomic E-state index is 6.00. The van der Waals surface area contributed by atoms with Gasteiger partial charge in [0.1, 0.15) is 0 Å². The van der Waals surface area contributed by atoms with Crippen LogP contribution < -0.4 is 0 Å². The highest BCUT2D eigenvalue weighted by Crippen LogP contribution is 2.43. The lowest BCUT2D eigenvalue weighted by molar-refractivity contribution is 0.0120. The van der Waals surface area contributed by atoms with Crippen LogP contribution >= 0.6 is 23.5 Å². The number of thioether (sulfide) groups is 2. The van der Waals surface area contributed by atoms with Crippen LogP contribution in [0.3, 0.4) is 0 Å². The summed E-state index contributed by atoms with van der Waals surface area (Å²) in [5.41, 5.74) is 1.08. The molecule has 0 saturated carbocycles. The van der Waals surface area contributed by atoms with Gasteiger partial charge in [0.05, 0.1) is 13.2 Å². The Morgan fingerprint density at radius 1 is 0.867 bits per heavy atom. The highest BCUT2D eigenvalue weighted by atomic mass is 32.2. The summed E-state index contributed by atoms with van der Waals surface area (Å²) in [6.07, 6.45) is 2.57. The molecule has 3 heteroatoms. The van der Waals surface area contributed by atoms with E-state index in [0.717, 1.165) is 13.2 Å². The predicted octanol–water partition coefficient (Wildman–Crippen LogP) is 3.29. The smallest absolute Gasteiger partial charge is 0.0538 e. The molecule has 0 aromatic carbocycles. The molecule has 0 aromatic heterocycles. The van der Waals surface area contributed by atoms with Crippen LogP contribution in [-0.2, 0) is 4.74 Å². The van der Waals surface area contributed by atoms with Crippen LogP contribution in [0.2, 0.25) is 0 Å². The van der Waals surface area contributed by atoms with Crippen molar-refractivity contribution < 1.29 is 4.74 Å². The van der Waals surface area contributed by atoms with E-state index in [1.807, 2.05) is 0 Å². The van der Waals surface area contributed by atoms with E-state index >= 15 is 0 Å². The van der Waals surface area contributed by atoms with Gasteiger partial charge in [-0.1, -0.05) is 13.8 Å². The molecule has 2 rings (SSSR count). The van der Waals surface area contributed by atoms with E-state index in [4.69, 9.17) is 4.74 Å². The summed E-state index contributed by atoms with van der Waals surface area (Å²) in [4.78, 5) is 0. The van der Waals surface area contributed by atoms with Gasteiger partial charge in [0.15, 0.2) is 0 Å². The Morgan fingerprint density at radius 2 is 1.27 bits per heavy atom. The van der Waals surface area contributed by atoms with Gasteiger partial charge in [-0.15, -0.1) is 0 Å². The van der Waals surface area contributed by atoms with Gasteiger partial charge in [-0.05, 0) is 12.8 Å². The molecule has 0 amide bonds. The molecule has 0 aromatic rings. The maximum atomic E-state index is 6.00. The van der Waals surface area contributed by atoms with Gasteiger partial charge in [-0.3, -0.25) is 0 Å². The minimum absolute atomic E-state index is 0.538. The first-order valence-electron chi connectivity index (χ1n) is 5.97. The van der Waals surface area contributed by atoms with Crippen molar-refractivity contribution in [3.63, 3.8) is 0 Å². The average Bonchev–Trinajstić information content (AvgIpc) is 2.14. The standard InChI is InChI=1S/C12H22OS2/c1-3-11(7-14-8-11)5-13-6-12(4-2)9-15-10-12/h3-10H2,1-2H3. The van der Waals surface area contributed by atoms with Gasteiger partial charge >= 0.3 is 0 Å². The summed E-state index contributed by atoms with van der Waals surface area (Å²) in [6.45, 7) is 6.61. The third-order valence-electron chi connectivity index (χ3n) is 3.95. The summed E-state index contributed by atoms with van der Waals surface area (Å²) in [5.74, 6) is 5.27. The third kappa shape index (κ3) is 2.50. The lowest BCUT2D eigenvalue weighted by Crippen LogP contribution is -2.44. The van der Waals surface area contributed by atoms with Gasteiger partial charge < -0.3 is 4.74 Å². The quantitative estimate of drug-likeness (QED) is 0.712. The predicted molar refractivity (Wildman–Crippen MR) is 70.9 cm³/mol. The van der Waals surface area contributed by atoms with Crippen molar-refractivity contribution in [1.29, 1.82) is 0 Å². The van der Waals surface area contributed by atoms with E-state index in [1.54, 1.807) is 0 Å². The van der Waals surface area contributed by atoms with Crippen molar-refractivity contribution in [1.82, 2.24) is 0 Å². The highest BCUT2D eigenvalue weighted by molar-refractivity contribution is 8.00. The molecule has 15 heavy (non-hydrogen) atoms. The molecule has 2 fully saturated rings. The Morgan fingerprint density at radius 3 is 1.47 bits per heavy atom. The Hall–Kier alpha value is 0.660. The monoisotopic (exact) mass is 246 g/mol. The van der Waals surface area contributed by atoms with Crippen LogP contribution in [0.4, 0.5) is 0 Å². The molecule has 2 saturated heterocycles. The zero-order valence-electron chi connectivity index (χ0n) is 9.88. The highest BCUT2D eigenvalue weighted by Gasteiger charge is 2.39. The molecule has 0 atom stereocenters. The molecular formula is C12H22OS2. The van der Waals surface area contributed by atoms with Gasteiger partial charge in [0, 0.05) is 33.8 Å². The van der Waals surface area contributed by atoms with Gasteiger partial charge in [0.2, 0.25) is 0 Å². The second kappa shape index (κ2) is 4.89. The van der Waals surface area contributed by atoms with Crippen molar-refractivity contribution in [2.24, 2.45) is 10.8 Å². The van der Waals surface area contributed by atoms with Crippen molar-refractivity contribution >= 4 is 23.5 Å². The van der Waals surface area contributed by atoms with E-state index in [1.165, 1.54) is 35.9 Å². The van der Waals surface area contributed by atoms with Gasteiger partial charge in [-0.2, -0.15) is 23.5 Å². The second-order valence-corrected chi connectivity index (χ2v) is 7.16. The van der Waals surface area contributed by atoms with Crippen LogP contribution in [0.25, 0.3) is 0 Å². The minimum atomic E-state index is 0.538. The molecule has 1 nitrogen and oxygen atoms in total. The van der Waals surface area contributed by atoms with Crippen LogP contribution in [0.15, 0.2) is 0 Å². The minimum Gasteiger partial charge on any atom is -0.380 e. The first kappa shape index (κ1) is 12.1. The van der Waals surface area contributed by atoms with E-state index in [2.05, 4.69) is 37.4 Å². The van der Waals surface area contributed by atoms with E-state index in [9.17, 15) is 0 Å². The fourth-order valence-electron chi connectivity index (χ4n) is 2.04. The summed E-state index contributed by atoms with van der Waals surface area (Å²) >= 11 is 4.14. The molecule has 0 bridgehead atoms. The zero-order valence-corrected chi connectivity index (χ0v) is 11.5. The van der Waals surface area contributed by atoms with Crippen molar-refractivity contribution in [3.8, 4) is 0 Å². The van der Waals surface area contributed by atoms with E-state index < -0.39 is 0 Å². The lowest BCUT2D eigenvalue weighted by Gasteiger charge is -2.44. The maximum Gasteiger partial charge on any atom is 0.0538 e. The molecule has 0 aliphatic carbocycles. The van der Waals surface area contributed by atoms with E-state index in [0.29, 0.717) is 10.8 Å². The van der Waals surface area contributed by atoms with Crippen LogP contribution in [0, 0.1) is 10.8 Å². The molecule has 2 aliphatic heterocycles. The molecule has 0 spiro atoms.